The Kier molecular flexibility index (Phi) is 9.58. The van der Waals surface area contributed by atoms with Crippen LogP contribution in [-0.4, -0.2) is 39.4 Å². The minimum absolute atomic E-state index is 0.103. The monoisotopic (exact) mass is 457 g/mol. The van der Waals surface area contributed by atoms with Gasteiger partial charge in [0.05, 0.1) is 4.90 Å². The van der Waals surface area contributed by atoms with Crippen LogP contribution >= 0.6 is 11.6 Å². The predicted octanol–water partition coefficient (Wildman–Crippen LogP) is 2.85. The van der Waals surface area contributed by atoms with E-state index in [2.05, 4.69) is 22.3 Å². The summed E-state index contributed by atoms with van der Waals surface area (Å²) in [6.45, 7) is 4.70. The van der Waals surface area contributed by atoms with Crippen molar-refractivity contribution in [3.63, 3.8) is 0 Å². The van der Waals surface area contributed by atoms with Crippen molar-refractivity contribution in [2.75, 3.05) is 13.1 Å². The first-order valence-electron chi connectivity index (χ1n) is 10.6. The van der Waals surface area contributed by atoms with Gasteiger partial charge in [0.25, 0.3) is 0 Å². The van der Waals surface area contributed by atoms with E-state index in [1.54, 1.807) is 19.1 Å². The smallest absolute Gasteiger partial charge is 0.242 e. The largest absolute Gasteiger partial charge is 0.354 e. The number of unbranched alkanes of at least 4 members (excludes halogenated alkanes) is 1. The first-order chi connectivity index (χ1) is 14.2. The van der Waals surface area contributed by atoms with E-state index in [1.807, 2.05) is 0 Å². The van der Waals surface area contributed by atoms with E-state index < -0.39 is 16.1 Å². The second-order valence-electron chi connectivity index (χ2n) is 7.90. The lowest BCUT2D eigenvalue weighted by molar-refractivity contribution is -0.131. The van der Waals surface area contributed by atoms with Gasteiger partial charge in [0.15, 0.2) is 0 Å². The van der Waals surface area contributed by atoms with Gasteiger partial charge in [-0.25, -0.2) is 13.1 Å². The normalized spacial score (nSPS) is 20.4. The van der Waals surface area contributed by atoms with Gasteiger partial charge < -0.3 is 10.6 Å². The third-order valence-electron chi connectivity index (χ3n) is 5.49. The highest BCUT2D eigenvalue weighted by molar-refractivity contribution is 7.89. The van der Waals surface area contributed by atoms with Gasteiger partial charge in [0.2, 0.25) is 21.8 Å². The fraction of sp³-hybridized carbons (Fsp3) is 0.619. The van der Waals surface area contributed by atoms with Crippen molar-refractivity contribution < 1.29 is 18.0 Å². The van der Waals surface area contributed by atoms with Crippen LogP contribution in [0.25, 0.3) is 0 Å². The van der Waals surface area contributed by atoms with Gasteiger partial charge in [0, 0.05) is 24.0 Å². The van der Waals surface area contributed by atoms with E-state index in [1.165, 1.54) is 12.1 Å². The molecule has 30 heavy (non-hydrogen) atoms. The van der Waals surface area contributed by atoms with Gasteiger partial charge in [-0.2, -0.15) is 0 Å². The summed E-state index contributed by atoms with van der Waals surface area (Å²) < 4.78 is 27.4. The van der Waals surface area contributed by atoms with E-state index in [-0.39, 0.29) is 28.5 Å². The summed E-state index contributed by atoms with van der Waals surface area (Å²) in [4.78, 5) is 24.7. The van der Waals surface area contributed by atoms with E-state index in [0.29, 0.717) is 31.0 Å². The lowest BCUT2D eigenvalue weighted by atomic mass is 9.81. The number of benzene rings is 1. The van der Waals surface area contributed by atoms with Gasteiger partial charge in [-0.1, -0.05) is 24.9 Å². The zero-order valence-corrected chi connectivity index (χ0v) is 19.2. The average Bonchev–Trinajstić information content (AvgIpc) is 2.73. The second kappa shape index (κ2) is 11.7. The number of carbonyl (C=O) groups is 2. The summed E-state index contributed by atoms with van der Waals surface area (Å²) in [5, 5.41) is 6.10. The van der Waals surface area contributed by atoms with E-state index in [9.17, 15) is 18.0 Å². The number of nitrogens with one attached hydrogen (secondary N) is 3. The summed E-state index contributed by atoms with van der Waals surface area (Å²) in [5.41, 5.74) is 0. The van der Waals surface area contributed by atoms with Crippen LogP contribution in [0.1, 0.15) is 52.4 Å². The number of amides is 2. The van der Waals surface area contributed by atoms with Gasteiger partial charge >= 0.3 is 0 Å². The van der Waals surface area contributed by atoms with Gasteiger partial charge in [-0.15, -0.1) is 0 Å². The van der Waals surface area contributed by atoms with Crippen LogP contribution in [0.2, 0.25) is 5.02 Å². The topological polar surface area (TPSA) is 104 Å². The zero-order valence-electron chi connectivity index (χ0n) is 17.6. The van der Waals surface area contributed by atoms with Gasteiger partial charge in [-0.05, 0) is 69.2 Å². The SMILES string of the molecule is CCCCNC(=O)[C@H](C)NC(=O)C1CCC(CNS(=O)(=O)c2ccc(Cl)cc2)CC1. The molecule has 0 saturated heterocycles. The minimum Gasteiger partial charge on any atom is -0.354 e. The number of sulfonamides is 1. The highest BCUT2D eigenvalue weighted by atomic mass is 35.5. The lowest BCUT2D eigenvalue weighted by Gasteiger charge is -2.28. The van der Waals surface area contributed by atoms with Crippen LogP contribution in [0.15, 0.2) is 29.2 Å². The molecule has 3 N–H and O–H groups in total. The Balaban J connectivity index is 1.74. The first-order valence-corrected chi connectivity index (χ1v) is 12.4. The fourth-order valence-corrected chi connectivity index (χ4v) is 4.73. The molecule has 2 rings (SSSR count). The molecule has 1 fully saturated rings. The summed E-state index contributed by atoms with van der Waals surface area (Å²) in [6.07, 6.45) is 4.81. The molecule has 1 aliphatic carbocycles. The van der Waals surface area contributed by atoms with Crippen molar-refractivity contribution in [2.24, 2.45) is 11.8 Å². The number of halogens is 1. The Hall–Kier alpha value is -1.64. The maximum Gasteiger partial charge on any atom is 0.242 e. The van der Waals surface area contributed by atoms with Gasteiger partial charge in [0.1, 0.15) is 6.04 Å². The molecule has 1 saturated carbocycles. The summed E-state index contributed by atoms with van der Waals surface area (Å²) >= 11 is 5.81. The zero-order chi connectivity index (χ0) is 22.1. The average molecular weight is 458 g/mol. The highest BCUT2D eigenvalue weighted by Gasteiger charge is 2.28. The Morgan fingerprint density at radius 2 is 1.77 bits per heavy atom. The van der Waals surface area contributed by atoms with Crippen LogP contribution in [0.5, 0.6) is 0 Å². The molecule has 1 atom stereocenters. The molecule has 0 bridgehead atoms. The first kappa shape index (κ1) is 24.6. The molecule has 9 heteroatoms. The molecular weight excluding hydrogens is 426 g/mol. The molecule has 1 aliphatic rings. The van der Waals surface area contributed by atoms with Crippen molar-refractivity contribution >= 4 is 33.4 Å². The molecule has 1 aromatic carbocycles. The van der Waals surface area contributed by atoms with Crippen molar-refractivity contribution in [1.29, 1.82) is 0 Å². The number of rotatable bonds is 10. The van der Waals surface area contributed by atoms with Crippen LogP contribution in [-0.2, 0) is 19.6 Å². The maximum absolute atomic E-state index is 12.5. The molecule has 0 unspecified atom stereocenters. The standard InChI is InChI=1S/C21H32ClN3O4S/c1-3-4-13-23-20(26)15(2)25-21(27)17-7-5-16(6-8-17)14-24-30(28,29)19-11-9-18(22)10-12-19/h9-12,15-17,24H,3-8,13-14H2,1-2H3,(H,23,26)(H,25,27)/t15-,16?,17?/m0/s1. The van der Waals surface area contributed by atoms with Crippen LogP contribution in [0.4, 0.5) is 0 Å². The van der Waals surface area contributed by atoms with Crippen molar-refractivity contribution in [2.45, 2.75) is 63.3 Å². The Bertz CT molecular complexity index is 806. The quantitative estimate of drug-likeness (QED) is 0.470. The minimum atomic E-state index is -3.57. The molecule has 0 aliphatic heterocycles. The van der Waals surface area contributed by atoms with E-state index in [0.717, 1.165) is 25.7 Å². The Labute approximate surface area is 184 Å². The Morgan fingerprint density at radius 1 is 1.13 bits per heavy atom. The fourth-order valence-electron chi connectivity index (χ4n) is 3.49. The van der Waals surface area contributed by atoms with Gasteiger partial charge in [-0.3, -0.25) is 9.59 Å². The molecule has 0 aromatic heterocycles. The Morgan fingerprint density at radius 3 is 2.37 bits per heavy atom. The van der Waals surface area contributed by atoms with E-state index in [4.69, 9.17) is 11.6 Å². The molecule has 0 heterocycles. The van der Waals surface area contributed by atoms with E-state index >= 15 is 0 Å². The molecule has 0 radical (unpaired) electrons. The van der Waals surface area contributed by atoms with Crippen molar-refractivity contribution in [3.05, 3.63) is 29.3 Å². The summed E-state index contributed by atoms with van der Waals surface area (Å²) in [7, 11) is -3.57. The molecule has 2 amide bonds. The third-order valence-corrected chi connectivity index (χ3v) is 7.18. The molecule has 7 nitrogen and oxygen atoms in total. The molecule has 1 aromatic rings. The second-order valence-corrected chi connectivity index (χ2v) is 10.1. The number of hydrogen-bond acceptors (Lipinski definition) is 4. The van der Waals surface area contributed by atoms with Crippen LogP contribution in [0.3, 0.4) is 0 Å². The summed E-state index contributed by atoms with van der Waals surface area (Å²) in [6, 6.07) is 5.49. The third kappa shape index (κ3) is 7.56. The maximum atomic E-state index is 12.5. The van der Waals surface area contributed by atoms with Crippen LogP contribution < -0.4 is 15.4 Å². The van der Waals surface area contributed by atoms with Crippen LogP contribution in [0, 0.1) is 11.8 Å². The molecular formula is C21H32ClN3O4S. The number of hydrogen-bond donors (Lipinski definition) is 3. The number of carbonyl (C=O) groups excluding carboxylic acids is 2. The lowest BCUT2D eigenvalue weighted by Crippen LogP contribution is -2.47. The molecule has 0 spiro atoms. The predicted molar refractivity (Wildman–Crippen MR) is 118 cm³/mol. The molecule has 168 valence electrons. The van der Waals surface area contributed by atoms with Crippen molar-refractivity contribution in [1.82, 2.24) is 15.4 Å². The van der Waals surface area contributed by atoms with Crippen molar-refractivity contribution in [3.8, 4) is 0 Å². The summed E-state index contributed by atoms with van der Waals surface area (Å²) in [5.74, 6) is -0.221. The highest BCUT2D eigenvalue weighted by Crippen LogP contribution is 2.29.